The van der Waals surface area contributed by atoms with Crippen molar-refractivity contribution in [3.63, 3.8) is 0 Å². The number of hydrogen-bond acceptors (Lipinski definition) is 6. The summed E-state index contributed by atoms with van der Waals surface area (Å²) in [6.07, 6.45) is 0.771. The Hall–Kier alpha value is -4.18. The summed E-state index contributed by atoms with van der Waals surface area (Å²) in [5.41, 5.74) is 4.83. The van der Waals surface area contributed by atoms with Crippen LogP contribution in [0.2, 0.25) is 0 Å². The third kappa shape index (κ3) is 5.33. The fourth-order valence-electron chi connectivity index (χ4n) is 4.25. The number of H-pyrrole nitrogens is 1. The molecular weight excluding hydrogens is 452 g/mol. The molecule has 1 heterocycles. The average molecular weight is 479 g/mol. The van der Waals surface area contributed by atoms with Crippen molar-refractivity contribution in [2.75, 3.05) is 6.61 Å². The fourth-order valence-corrected chi connectivity index (χ4v) is 4.25. The number of carbonyl (C=O) groups excluding carboxylic acids is 2. The third-order valence-electron chi connectivity index (χ3n) is 5.98. The predicted octanol–water partition coefficient (Wildman–Crippen LogP) is 1.81. The first-order chi connectivity index (χ1) is 16.8. The quantitative estimate of drug-likeness (QED) is 0.314. The number of aromatic nitrogens is 2. The topological polar surface area (TPSA) is 154 Å². The molecule has 1 aromatic heterocycles. The van der Waals surface area contributed by atoms with E-state index in [1.165, 1.54) is 19.4 Å². The van der Waals surface area contributed by atoms with Crippen molar-refractivity contribution in [2.45, 2.75) is 37.5 Å². The summed E-state index contributed by atoms with van der Waals surface area (Å²) in [6.45, 7) is 1.31. The molecule has 0 radical (unpaired) electrons. The zero-order valence-electron chi connectivity index (χ0n) is 19.0. The molecule has 10 heteroatoms. The zero-order valence-corrected chi connectivity index (χ0v) is 19.0. The summed E-state index contributed by atoms with van der Waals surface area (Å²) in [4.78, 5) is 43.7. The van der Waals surface area contributed by atoms with Crippen LogP contribution in [0.4, 0.5) is 4.79 Å². The number of carboxylic acids is 1. The van der Waals surface area contributed by atoms with Gasteiger partial charge in [0.25, 0.3) is 0 Å². The first-order valence-corrected chi connectivity index (χ1v) is 11.1. The molecular formula is C25H26N4O6. The van der Waals surface area contributed by atoms with Gasteiger partial charge in [-0.05, 0) is 29.2 Å². The Morgan fingerprint density at radius 3 is 2.23 bits per heavy atom. The Bertz CT molecular complexity index is 1160. The highest BCUT2D eigenvalue weighted by Gasteiger charge is 2.32. The Balaban J connectivity index is 1.45. The number of imidazole rings is 1. The van der Waals surface area contributed by atoms with E-state index >= 15 is 0 Å². The first-order valence-electron chi connectivity index (χ1n) is 11.1. The molecule has 2 aromatic carbocycles. The summed E-state index contributed by atoms with van der Waals surface area (Å²) < 4.78 is 5.52. The summed E-state index contributed by atoms with van der Waals surface area (Å²) >= 11 is 0. The molecule has 5 N–H and O–H groups in total. The van der Waals surface area contributed by atoms with Crippen LogP contribution in [-0.4, -0.2) is 62.9 Å². The van der Waals surface area contributed by atoms with E-state index in [9.17, 15) is 24.6 Å². The van der Waals surface area contributed by atoms with E-state index in [1.54, 1.807) is 0 Å². The van der Waals surface area contributed by atoms with E-state index < -0.39 is 36.2 Å². The van der Waals surface area contributed by atoms with Gasteiger partial charge in [0.15, 0.2) is 6.04 Å². The Morgan fingerprint density at radius 2 is 1.69 bits per heavy atom. The molecule has 1 aliphatic carbocycles. The smallest absolute Gasteiger partial charge is 0.407 e. The van der Waals surface area contributed by atoms with Gasteiger partial charge >= 0.3 is 12.1 Å². The Morgan fingerprint density at radius 1 is 1.06 bits per heavy atom. The van der Waals surface area contributed by atoms with Crippen LogP contribution >= 0.6 is 0 Å². The van der Waals surface area contributed by atoms with Gasteiger partial charge in [-0.3, -0.25) is 4.79 Å². The van der Waals surface area contributed by atoms with E-state index in [-0.39, 0.29) is 18.9 Å². The molecule has 1 aliphatic rings. The number of fused-ring (bicyclic) bond motifs is 3. The van der Waals surface area contributed by atoms with Gasteiger partial charge in [-0.2, -0.15) is 0 Å². The van der Waals surface area contributed by atoms with Crippen molar-refractivity contribution in [2.24, 2.45) is 0 Å². The molecule has 3 aromatic rings. The molecule has 0 aliphatic heterocycles. The molecule has 0 fully saturated rings. The highest BCUT2D eigenvalue weighted by atomic mass is 16.5. The van der Waals surface area contributed by atoms with Crippen LogP contribution in [0.15, 0.2) is 61.1 Å². The van der Waals surface area contributed by atoms with Crippen molar-refractivity contribution in [1.29, 1.82) is 0 Å². The van der Waals surface area contributed by atoms with E-state index in [1.807, 2.05) is 48.5 Å². The highest BCUT2D eigenvalue weighted by molar-refractivity contribution is 5.89. The molecule has 182 valence electrons. The number of nitrogens with zero attached hydrogens (tertiary/aromatic N) is 1. The highest BCUT2D eigenvalue weighted by Crippen LogP contribution is 2.44. The Labute approximate surface area is 201 Å². The second-order valence-corrected chi connectivity index (χ2v) is 8.37. The lowest BCUT2D eigenvalue weighted by molar-refractivity contribution is -0.145. The van der Waals surface area contributed by atoms with Gasteiger partial charge in [-0.25, -0.2) is 14.6 Å². The maximum atomic E-state index is 12.8. The molecule has 10 nitrogen and oxygen atoms in total. The number of carboxylic acid groups (broad SMARTS) is 1. The van der Waals surface area contributed by atoms with E-state index in [4.69, 9.17) is 4.74 Å². The van der Waals surface area contributed by atoms with Gasteiger partial charge in [0.05, 0.1) is 12.4 Å². The number of nitrogens with one attached hydrogen (secondary N) is 3. The minimum Gasteiger partial charge on any atom is -0.480 e. The van der Waals surface area contributed by atoms with Crippen molar-refractivity contribution in [3.05, 3.63) is 77.9 Å². The molecule has 35 heavy (non-hydrogen) atoms. The minimum atomic E-state index is -1.53. The molecule has 3 atom stereocenters. The number of hydrogen-bond donors (Lipinski definition) is 5. The average Bonchev–Trinajstić information content (AvgIpc) is 3.46. The maximum Gasteiger partial charge on any atom is 0.407 e. The van der Waals surface area contributed by atoms with Crippen LogP contribution < -0.4 is 10.6 Å². The van der Waals surface area contributed by atoms with Gasteiger partial charge in [0, 0.05) is 24.2 Å². The predicted molar refractivity (Wildman–Crippen MR) is 126 cm³/mol. The van der Waals surface area contributed by atoms with Gasteiger partial charge in [-0.1, -0.05) is 48.5 Å². The second-order valence-electron chi connectivity index (χ2n) is 8.37. The van der Waals surface area contributed by atoms with Gasteiger partial charge < -0.3 is 30.6 Å². The number of rotatable bonds is 9. The molecule has 1 unspecified atom stereocenters. The number of aliphatic hydroxyl groups excluding tert-OH is 1. The summed E-state index contributed by atoms with van der Waals surface area (Å²) in [7, 11) is 0. The maximum absolute atomic E-state index is 12.8. The molecule has 0 saturated heterocycles. The summed E-state index contributed by atoms with van der Waals surface area (Å²) in [5.74, 6) is -2.32. The van der Waals surface area contributed by atoms with Crippen LogP contribution in [0.3, 0.4) is 0 Å². The van der Waals surface area contributed by atoms with Crippen molar-refractivity contribution in [1.82, 2.24) is 20.6 Å². The number of alkyl carbamates (subject to hydrolysis) is 1. The number of aromatic amines is 1. The molecule has 4 rings (SSSR count). The van der Waals surface area contributed by atoms with Crippen molar-refractivity contribution < 1.29 is 29.3 Å². The summed E-state index contributed by atoms with van der Waals surface area (Å²) in [6, 6.07) is 13.1. The number of amides is 2. The normalized spacial score (nSPS) is 14.8. The molecule has 0 saturated carbocycles. The number of ether oxygens (including phenoxy) is 1. The lowest BCUT2D eigenvalue weighted by Crippen LogP contribution is -2.55. The summed E-state index contributed by atoms with van der Waals surface area (Å²) in [5, 5.41) is 23.7. The van der Waals surface area contributed by atoms with Gasteiger partial charge in [0.2, 0.25) is 5.91 Å². The van der Waals surface area contributed by atoms with E-state index in [0.29, 0.717) is 5.69 Å². The van der Waals surface area contributed by atoms with Gasteiger partial charge in [-0.15, -0.1) is 0 Å². The lowest BCUT2D eigenvalue weighted by atomic mass is 9.98. The standard InChI is InChI=1S/C25H26N4O6/c1-14(30)22(24(32)33)29-23(31)21(10-15-11-26-13-27-15)28-25(34)35-12-20-18-8-4-2-6-16(18)17-7-3-5-9-19(17)20/h2-9,11,13-14,20-22,30H,10,12H2,1H3,(H,26,27)(H,28,34)(H,29,31)(H,32,33)/t14-,21?,22+/m1/s1. The SMILES string of the molecule is C[C@@H](O)[C@H](NC(=O)C(Cc1cnc[nH]1)NC(=O)OCC1c2ccccc2-c2ccccc21)C(=O)O. The van der Waals surface area contributed by atoms with E-state index in [0.717, 1.165) is 22.3 Å². The van der Waals surface area contributed by atoms with Crippen molar-refractivity contribution in [3.8, 4) is 11.1 Å². The first kappa shape index (κ1) is 24.0. The number of benzene rings is 2. The zero-order chi connectivity index (χ0) is 24.9. The van der Waals surface area contributed by atoms with Crippen LogP contribution in [-0.2, 0) is 20.7 Å². The fraction of sp³-hybridized carbons (Fsp3) is 0.280. The van der Waals surface area contributed by atoms with E-state index in [2.05, 4.69) is 20.6 Å². The number of aliphatic carboxylic acids is 1. The minimum absolute atomic E-state index is 0.0160. The molecule has 0 spiro atoms. The van der Waals surface area contributed by atoms with Crippen molar-refractivity contribution >= 4 is 18.0 Å². The Kier molecular flexibility index (Phi) is 7.11. The van der Waals surface area contributed by atoms with Crippen LogP contribution in [0, 0.1) is 0 Å². The van der Waals surface area contributed by atoms with Crippen LogP contribution in [0.1, 0.15) is 29.7 Å². The van der Waals surface area contributed by atoms with Crippen LogP contribution in [0.25, 0.3) is 11.1 Å². The monoisotopic (exact) mass is 478 g/mol. The number of aliphatic hydroxyl groups is 1. The molecule has 2 amide bonds. The van der Waals surface area contributed by atoms with Gasteiger partial charge in [0.1, 0.15) is 12.6 Å². The largest absolute Gasteiger partial charge is 0.480 e. The third-order valence-corrected chi connectivity index (χ3v) is 5.98. The lowest BCUT2D eigenvalue weighted by Gasteiger charge is -2.22. The number of carbonyl (C=O) groups is 3. The molecule has 0 bridgehead atoms. The van der Waals surface area contributed by atoms with Crippen LogP contribution in [0.5, 0.6) is 0 Å². The second kappa shape index (κ2) is 10.4.